The van der Waals surface area contributed by atoms with Crippen LogP contribution in [-0.2, 0) is 9.53 Å². The maximum Gasteiger partial charge on any atom is 0.226 e. The maximum absolute atomic E-state index is 12.2. The normalized spacial score (nSPS) is 30.1. The summed E-state index contributed by atoms with van der Waals surface area (Å²) in [5.74, 6) is 0.747. The third-order valence-electron chi connectivity index (χ3n) is 3.87. The van der Waals surface area contributed by atoms with E-state index in [0.29, 0.717) is 18.5 Å². The first-order valence-electron chi connectivity index (χ1n) is 6.32. The van der Waals surface area contributed by atoms with Crippen molar-refractivity contribution >= 4 is 18.3 Å². The van der Waals surface area contributed by atoms with Crippen LogP contribution in [0, 0.1) is 11.8 Å². The predicted molar refractivity (Wildman–Crippen MR) is 69.1 cm³/mol. The molecule has 0 saturated carbocycles. The fraction of sp³-hybridized carbons (Fsp3) is 0.917. The van der Waals surface area contributed by atoms with Crippen molar-refractivity contribution in [3.8, 4) is 0 Å². The summed E-state index contributed by atoms with van der Waals surface area (Å²) in [5.41, 5.74) is 5.58. The first-order valence-corrected chi connectivity index (χ1v) is 6.32. The van der Waals surface area contributed by atoms with Gasteiger partial charge < -0.3 is 15.4 Å². The minimum atomic E-state index is -0.0402. The lowest BCUT2D eigenvalue weighted by atomic mass is 9.85. The molecule has 0 aromatic heterocycles. The van der Waals surface area contributed by atoms with Gasteiger partial charge in [0.25, 0.3) is 0 Å². The number of carbonyl (C=O) groups excluding carboxylic acids is 1. The second-order valence-electron chi connectivity index (χ2n) is 5.00. The topological polar surface area (TPSA) is 55.6 Å². The Morgan fingerprint density at radius 2 is 2.29 bits per heavy atom. The second-order valence-corrected chi connectivity index (χ2v) is 5.00. The summed E-state index contributed by atoms with van der Waals surface area (Å²) in [6.45, 7) is 4.90. The van der Waals surface area contributed by atoms with E-state index in [1.54, 1.807) is 0 Å². The maximum atomic E-state index is 12.2. The van der Waals surface area contributed by atoms with Crippen molar-refractivity contribution in [1.82, 2.24) is 4.90 Å². The Morgan fingerprint density at radius 1 is 1.53 bits per heavy atom. The molecular formula is C12H23ClN2O2. The third-order valence-corrected chi connectivity index (χ3v) is 3.87. The Balaban J connectivity index is 0.00000144. The van der Waals surface area contributed by atoms with Gasteiger partial charge in [-0.2, -0.15) is 0 Å². The van der Waals surface area contributed by atoms with E-state index < -0.39 is 0 Å². The number of amides is 1. The number of hydrogen-bond acceptors (Lipinski definition) is 3. The van der Waals surface area contributed by atoms with E-state index in [2.05, 4.69) is 4.90 Å². The van der Waals surface area contributed by atoms with E-state index in [1.165, 1.54) is 6.42 Å². The average molecular weight is 263 g/mol. The Morgan fingerprint density at radius 3 is 3.00 bits per heavy atom. The summed E-state index contributed by atoms with van der Waals surface area (Å²) in [7, 11) is 0. The standard InChI is InChI=1S/C12H22N2O2.ClH/c1-9(7-13)12(15)14-5-2-3-10-8-16-6-4-11(10)14;/h9-11H,2-8,13H2,1H3;1H. The van der Waals surface area contributed by atoms with E-state index in [0.717, 1.165) is 32.6 Å². The van der Waals surface area contributed by atoms with Crippen molar-refractivity contribution in [3.63, 3.8) is 0 Å². The van der Waals surface area contributed by atoms with E-state index in [-0.39, 0.29) is 24.2 Å². The summed E-state index contributed by atoms with van der Waals surface area (Å²) in [6.07, 6.45) is 3.30. The van der Waals surface area contributed by atoms with Crippen molar-refractivity contribution in [2.24, 2.45) is 17.6 Å². The second kappa shape index (κ2) is 6.57. The van der Waals surface area contributed by atoms with E-state index in [4.69, 9.17) is 10.5 Å². The molecule has 100 valence electrons. The molecule has 0 spiro atoms. The summed E-state index contributed by atoms with van der Waals surface area (Å²) >= 11 is 0. The van der Waals surface area contributed by atoms with Crippen LogP contribution in [0.3, 0.4) is 0 Å². The van der Waals surface area contributed by atoms with Crippen molar-refractivity contribution in [1.29, 1.82) is 0 Å². The van der Waals surface area contributed by atoms with Gasteiger partial charge in [0.05, 0.1) is 6.61 Å². The van der Waals surface area contributed by atoms with Gasteiger partial charge in [0.2, 0.25) is 5.91 Å². The first kappa shape index (κ1) is 14.7. The minimum absolute atomic E-state index is 0. The number of likely N-dealkylation sites (tertiary alicyclic amines) is 1. The fourth-order valence-corrected chi connectivity index (χ4v) is 2.82. The van der Waals surface area contributed by atoms with E-state index in [9.17, 15) is 4.79 Å². The molecule has 3 unspecified atom stereocenters. The first-order chi connectivity index (χ1) is 7.74. The Bertz CT molecular complexity index is 261. The molecule has 0 bridgehead atoms. The molecular weight excluding hydrogens is 240 g/mol. The van der Waals surface area contributed by atoms with Gasteiger partial charge in [-0.15, -0.1) is 12.4 Å². The molecule has 2 N–H and O–H groups in total. The molecule has 2 fully saturated rings. The lowest BCUT2D eigenvalue weighted by Gasteiger charge is -2.44. The summed E-state index contributed by atoms with van der Waals surface area (Å²) in [5, 5.41) is 0. The molecule has 0 radical (unpaired) electrons. The van der Waals surface area contributed by atoms with Crippen molar-refractivity contribution in [3.05, 3.63) is 0 Å². The fourth-order valence-electron chi connectivity index (χ4n) is 2.82. The number of halogens is 1. The molecule has 2 saturated heterocycles. The van der Waals surface area contributed by atoms with E-state index in [1.807, 2.05) is 6.92 Å². The smallest absolute Gasteiger partial charge is 0.226 e. The van der Waals surface area contributed by atoms with Gasteiger partial charge in [0.15, 0.2) is 0 Å². The van der Waals surface area contributed by atoms with Crippen molar-refractivity contribution in [2.75, 3.05) is 26.3 Å². The molecule has 0 aromatic rings. The number of ether oxygens (including phenoxy) is 1. The van der Waals surface area contributed by atoms with Crippen LogP contribution in [0.4, 0.5) is 0 Å². The van der Waals surface area contributed by atoms with Crippen LogP contribution >= 0.6 is 12.4 Å². The van der Waals surface area contributed by atoms with Crippen molar-refractivity contribution < 1.29 is 9.53 Å². The summed E-state index contributed by atoms with van der Waals surface area (Å²) < 4.78 is 5.49. The number of rotatable bonds is 2. The molecule has 5 heteroatoms. The van der Waals surface area contributed by atoms with Crippen LogP contribution in [0.1, 0.15) is 26.2 Å². The van der Waals surface area contributed by atoms with Gasteiger partial charge >= 0.3 is 0 Å². The molecule has 2 rings (SSSR count). The van der Waals surface area contributed by atoms with Gasteiger partial charge in [-0.05, 0) is 19.3 Å². The molecule has 0 aliphatic carbocycles. The molecule has 3 atom stereocenters. The lowest BCUT2D eigenvalue weighted by Crippen LogP contribution is -2.54. The number of nitrogens with two attached hydrogens (primary N) is 1. The number of nitrogens with zero attached hydrogens (tertiary/aromatic N) is 1. The Labute approximate surface area is 109 Å². The molecule has 2 aliphatic rings. The van der Waals surface area contributed by atoms with Gasteiger partial charge in [0, 0.05) is 37.6 Å². The molecule has 0 aromatic carbocycles. The van der Waals surface area contributed by atoms with Crippen LogP contribution in [-0.4, -0.2) is 43.2 Å². The molecule has 2 heterocycles. The highest BCUT2D eigenvalue weighted by Gasteiger charge is 2.37. The Hall–Kier alpha value is -0.320. The SMILES string of the molecule is CC(CN)C(=O)N1CCCC2COCCC21.Cl. The molecule has 17 heavy (non-hydrogen) atoms. The number of piperidine rings is 1. The summed E-state index contributed by atoms with van der Waals surface area (Å²) in [4.78, 5) is 14.3. The zero-order valence-corrected chi connectivity index (χ0v) is 11.2. The third kappa shape index (κ3) is 3.12. The van der Waals surface area contributed by atoms with Crippen LogP contribution in [0.5, 0.6) is 0 Å². The average Bonchev–Trinajstić information content (AvgIpc) is 2.36. The van der Waals surface area contributed by atoms with E-state index >= 15 is 0 Å². The van der Waals surface area contributed by atoms with Gasteiger partial charge in [-0.3, -0.25) is 4.79 Å². The Kier molecular flexibility index (Phi) is 5.70. The van der Waals surface area contributed by atoms with Crippen LogP contribution in [0.15, 0.2) is 0 Å². The number of carbonyl (C=O) groups is 1. The number of hydrogen-bond donors (Lipinski definition) is 1. The monoisotopic (exact) mass is 262 g/mol. The quantitative estimate of drug-likeness (QED) is 0.809. The molecule has 2 aliphatic heterocycles. The van der Waals surface area contributed by atoms with Gasteiger partial charge in [0.1, 0.15) is 0 Å². The van der Waals surface area contributed by atoms with Crippen LogP contribution < -0.4 is 5.73 Å². The number of fused-ring (bicyclic) bond motifs is 1. The minimum Gasteiger partial charge on any atom is -0.381 e. The highest BCUT2D eigenvalue weighted by atomic mass is 35.5. The lowest BCUT2D eigenvalue weighted by molar-refractivity contribution is -0.144. The van der Waals surface area contributed by atoms with Crippen molar-refractivity contribution in [2.45, 2.75) is 32.2 Å². The largest absolute Gasteiger partial charge is 0.381 e. The zero-order valence-electron chi connectivity index (χ0n) is 10.4. The zero-order chi connectivity index (χ0) is 11.5. The van der Waals surface area contributed by atoms with Gasteiger partial charge in [-0.1, -0.05) is 6.92 Å². The highest BCUT2D eigenvalue weighted by Crippen LogP contribution is 2.30. The predicted octanol–water partition coefficient (Wildman–Crippen LogP) is 1.03. The highest BCUT2D eigenvalue weighted by molar-refractivity contribution is 5.85. The van der Waals surface area contributed by atoms with Crippen LogP contribution in [0.25, 0.3) is 0 Å². The molecule has 1 amide bonds. The van der Waals surface area contributed by atoms with Gasteiger partial charge in [-0.25, -0.2) is 0 Å². The summed E-state index contributed by atoms with van der Waals surface area (Å²) in [6, 6.07) is 0.406. The molecule has 4 nitrogen and oxygen atoms in total. The van der Waals surface area contributed by atoms with Crippen LogP contribution in [0.2, 0.25) is 0 Å².